The van der Waals surface area contributed by atoms with Gasteiger partial charge in [0.2, 0.25) is 0 Å². The predicted molar refractivity (Wildman–Crippen MR) is 81.9 cm³/mol. The van der Waals surface area contributed by atoms with Crippen LogP contribution in [0.1, 0.15) is 48.8 Å². The summed E-state index contributed by atoms with van der Waals surface area (Å²) in [5.74, 6) is -0.385. The van der Waals surface area contributed by atoms with Crippen LogP contribution in [0.25, 0.3) is 0 Å². The van der Waals surface area contributed by atoms with E-state index in [1.54, 1.807) is 4.68 Å². The first kappa shape index (κ1) is 16.0. The van der Waals surface area contributed by atoms with Crippen molar-refractivity contribution in [2.24, 2.45) is 0 Å². The van der Waals surface area contributed by atoms with Crippen LogP contribution < -0.4 is 4.74 Å². The lowest BCUT2D eigenvalue weighted by Gasteiger charge is -2.09. The number of aromatic nitrogens is 3. The van der Waals surface area contributed by atoms with Crippen LogP contribution in [0.3, 0.4) is 0 Å². The number of carboxylic acids is 1. The largest absolute Gasteiger partial charge is 0.487 e. The molecule has 0 amide bonds. The van der Waals surface area contributed by atoms with Crippen molar-refractivity contribution in [3.8, 4) is 5.75 Å². The van der Waals surface area contributed by atoms with E-state index in [4.69, 9.17) is 4.74 Å². The molecule has 0 radical (unpaired) electrons. The fourth-order valence-corrected chi connectivity index (χ4v) is 2.18. The number of unbranched alkanes of at least 4 members (excludes halogenated alkanes) is 3. The Morgan fingerprint density at radius 3 is 2.68 bits per heavy atom. The Morgan fingerprint density at radius 1 is 1.23 bits per heavy atom. The molecule has 0 aliphatic rings. The van der Waals surface area contributed by atoms with Gasteiger partial charge in [-0.25, -0.2) is 9.48 Å². The van der Waals surface area contributed by atoms with Crippen molar-refractivity contribution >= 4 is 5.97 Å². The maximum Gasteiger partial charge on any atom is 0.358 e. The molecule has 0 saturated carbocycles. The van der Waals surface area contributed by atoms with Crippen LogP contribution in [-0.4, -0.2) is 26.1 Å². The molecule has 6 nitrogen and oxygen atoms in total. The SMILES string of the molecule is CCCCCCn1nnc(C(=O)O)c1COc1ccccc1. The van der Waals surface area contributed by atoms with Gasteiger partial charge in [0.25, 0.3) is 0 Å². The monoisotopic (exact) mass is 303 g/mol. The molecule has 0 saturated heterocycles. The van der Waals surface area contributed by atoms with Crippen LogP contribution in [0.15, 0.2) is 30.3 Å². The summed E-state index contributed by atoms with van der Waals surface area (Å²) in [5, 5.41) is 16.9. The highest BCUT2D eigenvalue weighted by molar-refractivity contribution is 5.86. The third kappa shape index (κ3) is 4.31. The van der Waals surface area contributed by atoms with Crippen molar-refractivity contribution in [2.75, 3.05) is 0 Å². The molecule has 1 N–H and O–H groups in total. The van der Waals surface area contributed by atoms with Gasteiger partial charge in [0.05, 0.1) is 0 Å². The number of carboxylic acid groups (broad SMARTS) is 1. The van der Waals surface area contributed by atoms with E-state index in [1.807, 2.05) is 30.3 Å². The van der Waals surface area contributed by atoms with Crippen LogP contribution in [-0.2, 0) is 13.2 Å². The quantitative estimate of drug-likeness (QED) is 0.720. The minimum atomic E-state index is -1.08. The van der Waals surface area contributed by atoms with Crippen molar-refractivity contribution in [3.63, 3.8) is 0 Å². The highest BCUT2D eigenvalue weighted by Gasteiger charge is 2.19. The first-order valence-corrected chi connectivity index (χ1v) is 7.56. The summed E-state index contributed by atoms with van der Waals surface area (Å²) in [5.41, 5.74) is 0.472. The minimum Gasteiger partial charge on any atom is -0.487 e. The molecule has 2 aromatic rings. The summed E-state index contributed by atoms with van der Waals surface area (Å²) >= 11 is 0. The predicted octanol–water partition coefficient (Wildman–Crippen LogP) is 3.14. The molecule has 1 aromatic heterocycles. The number of carbonyl (C=O) groups is 1. The summed E-state index contributed by atoms with van der Waals surface area (Å²) in [4.78, 5) is 11.3. The van der Waals surface area contributed by atoms with Crippen molar-refractivity contribution < 1.29 is 14.6 Å². The lowest BCUT2D eigenvalue weighted by molar-refractivity contribution is 0.0687. The summed E-state index contributed by atoms with van der Waals surface area (Å²) in [7, 11) is 0. The van der Waals surface area contributed by atoms with Gasteiger partial charge >= 0.3 is 5.97 Å². The lowest BCUT2D eigenvalue weighted by atomic mass is 10.2. The Morgan fingerprint density at radius 2 is 2.00 bits per heavy atom. The number of hydrogen-bond donors (Lipinski definition) is 1. The Hall–Kier alpha value is -2.37. The molecular formula is C16H21N3O3. The zero-order valence-corrected chi connectivity index (χ0v) is 12.7. The van der Waals surface area contributed by atoms with E-state index in [0.717, 1.165) is 25.7 Å². The molecule has 118 valence electrons. The van der Waals surface area contributed by atoms with Crippen LogP contribution in [0, 0.1) is 0 Å². The molecule has 0 aliphatic heterocycles. The number of ether oxygens (including phenoxy) is 1. The molecule has 2 rings (SSSR count). The van der Waals surface area contributed by atoms with Gasteiger partial charge in [-0.3, -0.25) is 0 Å². The van der Waals surface area contributed by atoms with Gasteiger partial charge in [0.15, 0.2) is 5.69 Å². The van der Waals surface area contributed by atoms with Crippen LogP contribution >= 0.6 is 0 Å². The van der Waals surface area contributed by atoms with Crippen LogP contribution in [0.2, 0.25) is 0 Å². The number of aromatic carboxylic acids is 1. The first-order valence-electron chi connectivity index (χ1n) is 7.56. The molecule has 0 aliphatic carbocycles. The summed E-state index contributed by atoms with van der Waals surface area (Å²) < 4.78 is 7.29. The topological polar surface area (TPSA) is 77.2 Å². The van der Waals surface area contributed by atoms with E-state index in [0.29, 0.717) is 18.0 Å². The van der Waals surface area contributed by atoms with Crippen LogP contribution in [0.5, 0.6) is 5.75 Å². The highest BCUT2D eigenvalue weighted by atomic mass is 16.5. The van der Waals surface area contributed by atoms with Gasteiger partial charge in [-0.1, -0.05) is 49.6 Å². The van der Waals surface area contributed by atoms with Gasteiger partial charge in [-0.15, -0.1) is 5.10 Å². The number of nitrogens with zero attached hydrogens (tertiary/aromatic N) is 3. The summed E-state index contributed by atoms with van der Waals surface area (Å²) in [6, 6.07) is 9.29. The molecule has 0 fully saturated rings. The van der Waals surface area contributed by atoms with Crippen molar-refractivity contribution in [1.82, 2.24) is 15.0 Å². The van der Waals surface area contributed by atoms with Gasteiger partial charge in [-0.2, -0.15) is 0 Å². The standard InChI is InChI=1S/C16H21N3O3/c1-2-3-4-8-11-19-14(15(16(20)21)17-18-19)12-22-13-9-6-5-7-10-13/h5-7,9-10H,2-4,8,11-12H2,1H3,(H,20,21). The number of para-hydroxylation sites is 1. The highest BCUT2D eigenvalue weighted by Crippen LogP contribution is 2.14. The third-order valence-electron chi connectivity index (χ3n) is 3.38. The number of rotatable bonds is 9. The van der Waals surface area contributed by atoms with Gasteiger partial charge < -0.3 is 9.84 Å². The Labute approximate surface area is 129 Å². The molecule has 0 spiro atoms. The molecule has 0 unspecified atom stereocenters. The average Bonchev–Trinajstić information content (AvgIpc) is 2.94. The van der Waals surface area contributed by atoms with Crippen LogP contribution in [0.4, 0.5) is 0 Å². The number of benzene rings is 1. The van der Waals surface area contributed by atoms with Gasteiger partial charge in [-0.05, 0) is 18.6 Å². The molecule has 0 atom stereocenters. The Bertz CT molecular complexity index is 596. The number of aryl methyl sites for hydroxylation is 1. The van der Waals surface area contributed by atoms with E-state index >= 15 is 0 Å². The second-order valence-electron chi connectivity index (χ2n) is 5.08. The van der Waals surface area contributed by atoms with Crippen molar-refractivity contribution in [1.29, 1.82) is 0 Å². The van der Waals surface area contributed by atoms with E-state index in [-0.39, 0.29) is 12.3 Å². The average molecular weight is 303 g/mol. The first-order chi connectivity index (χ1) is 10.7. The molecule has 1 aromatic carbocycles. The van der Waals surface area contributed by atoms with Crippen molar-refractivity contribution in [2.45, 2.75) is 45.8 Å². The smallest absolute Gasteiger partial charge is 0.358 e. The zero-order chi connectivity index (χ0) is 15.8. The molecule has 22 heavy (non-hydrogen) atoms. The van der Waals surface area contributed by atoms with E-state index < -0.39 is 5.97 Å². The maximum absolute atomic E-state index is 11.3. The van der Waals surface area contributed by atoms with E-state index in [1.165, 1.54) is 0 Å². The fourth-order valence-electron chi connectivity index (χ4n) is 2.18. The normalized spacial score (nSPS) is 10.6. The Balaban J connectivity index is 2.05. The van der Waals surface area contributed by atoms with Gasteiger partial charge in [0.1, 0.15) is 18.1 Å². The van der Waals surface area contributed by atoms with Crippen molar-refractivity contribution in [3.05, 3.63) is 41.7 Å². The fraction of sp³-hybridized carbons (Fsp3) is 0.438. The molecule has 0 bridgehead atoms. The molecule has 6 heteroatoms. The van der Waals surface area contributed by atoms with E-state index in [2.05, 4.69) is 17.2 Å². The molecule has 1 heterocycles. The number of hydrogen-bond acceptors (Lipinski definition) is 4. The summed E-state index contributed by atoms with van der Waals surface area (Å²) in [6.07, 6.45) is 4.37. The Kier molecular flexibility index (Phi) is 5.94. The zero-order valence-electron chi connectivity index (χ0n) is 12.7. The second kappa shape index (κ2) is 8.17. The lowest BCUT2D eigenvalue weighted by Crippen LogP contribution is -2.11. The van der Waals surface area contributed by atoms with Gasteiger partial charge in [0, 0.05) is 6.54 Å². The minimum absolute atomic E-state index is 0.0357. The summed E-state index contributed by atoms with van der Waals surface area (Å²) in [6.45, 7) is 2.96. The second-order valence-corrected chi connectivity index (χ2v) is 5.08. The maximum atomic E-state index is 11.3. The third-order valence-corrected chi connectivity index (χ3v) is 3.38. The van der Waals surface area contributed by atoms with E-state index in [9.17, 15) is 9.90 Å². The molecular weight excluding hydrogens is 282 g/mol.